The normalized spacial score (nSPS) is 17.6. The van der Waals surface area contributed by atoms with Gasteiger partial charge in [-0.2, -0.15) is 0 Å². The van der Waals surface area contributed by atoms with Crippen molar-refractivity contribution in [1.82, 2.24) is 9.88 Å². The van der Waals surface area contributed by atoms with E-state index in [2.05, 4.69) is 24.1 Å². The van der Waals surface area contributed by atoms with Gasteiger partial charge in [0.05, 0.1) is 0 Å². The Hall–Kier alpha value is -1.58. The Labute approximate surface area is 115 Å². The highest BCUT2D eigenvalue weighted by Crippen LogP contribution is 2.30. The summed E-state index contributed by atoms with van der Waals surface area (Å²) < 4.78 is 0. The highest BCUT2D eigenvalue weighted by atomic mass is 16.2. The summed E-state index contributed by atoms with van der Waals surface area (Å²) in [7, 11) is 0. The third-order valence-electron chi connectivity index (χ3n) is 3.52. The van der Waals surface area contributed by atoms with Crippen molar-refractivity contribution in [1.29, 1.82) is 0 Å². The van der Waals surface area contributed by atoms with Crippen molar-refractivity contribution in [2.75, 3.05) is 25.0 Å². The number of aryl methyl sites for hydroxylation is 1. The van der Waals surface area contributed by atoms with Crippen LogP contribution >= 0.6 is 0 Å². The number of rotatable bonds is 3. The van der Waals surface area contributed by atoms with Crippen LogP contribution in [0.15, 0.2) is 12.1 Å². The van der Waals surface area contributed by atoms with Gasteiger partial charge in [-0.3, -0.25) is 4.79 Å². The molecule has 0 radical (unpaired) electrons. The maximum absolute atomic E-state index is 12.5. The zero-order chi connectivity index (χ0) is 14.0. The maximum Gasteiger partial charge on any atom is 0.254 e. The lowest BCUT2D eigenvalue weighted by atomic mass is 9.93. The van der Waals surface area contributed by atoms with Crippen molar-refractivity contribution in [3.63, 3.8) is 0 Å². The number of aromatic nitrogens is 1. The Balaban J connectivity index is 2.19. The zero-order valence-corrected chi connectivity index (χ0v) is 12.3. The molecule has 0 aromatic carbocycles. The lowest BCUT2D eigenvalue weighted by molar-refractivity contribution is 0.0778. The summed E-state index contributed by atoms with van der Waals surface area (Å²) in [5.41, 5.74) is 1.85. The smallest absolute Gasteiger partial charge is 0.254 e. The average molecular weight is 261 g/mol. The van der Waals surface area contributed by atoms with Crippen LogP contribution in [0.3, 0.4) is 0 Å². The minimum absolute atomic E-state index is 0.121. The first kappa shape index (κ1) is 13.8. The summed E-state index contributed by atoms with van der Waals surface area (Å²) in [6, 6.07) is 3.72. The summed E-state index contributed by atoms with van der Waals surface area (Å²) in [5, 5.41) is 3.17. The minimum Gasteiger partial charge on any atom is -0.370 e. The second-order valence-corrected chi connectivity index (χ2v) is 6.05. The highest BCUT2D eigenvalue weighted by molar-refractivity contribution is 5.95. The standard InChI is InChI=1S/C15H23N3O/c1-5-16-13-9-12(8-11(2)17-13)14(19)18-7-6-15(3,4)10-18/h8-9H,5-7,10H2,1-4H3,(H,16,17). The molecule has 1 saturated heterocycles. The van der Waals surface area contributed by atoms with Gasteiger partial charge in [0, 0.05) is 30.9 Å². The molecule has 0 spiro atoms. The molecule has 19 heavy (non-hydrogen) atoms. The lowest BCUT2D eigenvalue weighted by Gasteiger charge is -2.20. The molecular weight excluding hydrogens is 238 g/mol. The van der Waals surface area contributed by atoms with Crippen molar-refractivity contribution >= 4 is 11.7 Å². The van der Waals surface area contributed by atoms with Crippen molar-refractivity contribution < 1.29 is 4.79 Å². The number of nitrogens with zero attached hydrogens (tertiary/aromatic N) is 2. The maximum atomic E-state index is 12.5. The fourth-order valence-electron chi connectivity index (χ4n) is 2.53. The van der Waals surface area contributed by atoms with Crippen LogP contribution in [0.5, 0.6) is 0 Å². The molecule has 1 N–H and O–H groups in total. The largest absolute Gasteiger partial charge is 0.370 e. The Kier molecular flexibility index (Phi) is 3.78. The molecule has 1 amide bonds. The number of pyridine rings is 1. The van der Waals surface area contributed by atoms with E-state index in [0.717, 1.165) is 43.1 Å². The van der Waals surface area contributed by atoms with E-state index in [1.54, 1.807) is 0 Å². The van der Waals surface area contributed by atoms with Gasteiger partial charge < -0.3 is 10.2 Å². The molecule has 1 fully saturated rings. The van der Waals surface area contributed by atoms with Gasteiger partial charge in [0.2, 0.25) is 0 Å². The number of anilines is 1. The summed E-state index contributed by atoms with van der Waals surface area (Å²) in [5.74, 6) is 0.902. The number of hydrogen-bond acceptors (Lipinski definition) is 3. The molecule has 1 aliphatic heterocycles. The minimum atomic E-state index is 0.121. The summed E-state index contributed by atoms with van der Waals surface area (Å²) in [6.07, 6.45) is 1.07. The fraction of sp³-hybridized carbons (Fsp3) is 0.600. The Morgan fingerprint density at radius 3 is 2.79 bits per heavy atom. The summed E-state index contributed by atoms with van der Waals surface area (Å²) >= 11 is 0. The molecule has 4 heteroatoms. The number of likely N-dealkylation sites (tertiary alicyclic amines) is 1. The van der Waals surface area contributed by atoms with E-state index in [1.165, 1.54) is 0 Å². The second-order valence-electron chi connectivity index (χ2n) is 6.05. The van der Waals surface area contributed by atoms with Crippen LogP contribution in [0, 0.1) is 12.3 Å². The fourth-order valence-corrected chi connectivity index (χ4v) is 2.53. The van der Waals surface area contributed by atoms with Gasteiger partial charge in [-0.1, -0.05) is 13.8 Å². The van der Waals surface area contributed by atoms with E-state index in [-0.39, 0.29) is 11.3 Å². The molecule has 1 aromatic rings. The van der Waals surface area contributed by atoms with E-state index in [0.29, 0.717) is 0 Å². The molecular formula is C15H23N3O. The van der Waals surface area contributed by atoms with Gasteiger partial charge in [-0.15, -0.1) is 0 Å². The first-order valence-corrected chi connectivity index (χ1v) is 6.93. The van der Waals surface area contributed by atoms with Crippen LogP contribution in [-0.2, 0) is 0 Å². The van der Waals surface area contributed by atoms with Gasteiger partial charge >= 0.3 is 0 Å². The number of amides is 1. The average Bonchev–Trinajstić information content (AvgIpc) is 2.68. The van der Waals surface area contributed by atoms with E-state index in [4.69, 9.17) is 0 Å². The second kappa shape index (κ2) is 5.19. The van der Waals surface area contributed by atoms with Gasteiger partial charge in [0.1, 0.15) is 5.82 Å². The molecule has 1 aromatic heterocycles. The quantitative estimate of drug-likeness (QED) is 0.910. The lowest BCUT2D eigenvalue weighted by Crippen LogP contribution is -2.30. The predicted octanol–water partition coefficient (Wildman–Crippen LogP) is 2.69. The van der Waals surface area contributed by atoms with E-state index in [1.807, 2.05) is 30.9 Å². The Morgan fingerprint density at radius 2 is 2.21 bits per heavy atom. The molecule has 0 saturated carbocycles. The van der Waals surface area contributed by atoms with Crippen LogP contribution in [0.1, 0.15) is 43.2 Å². The van der Waals surface area contributed by atoms with Crippen LogP contribution < -0.4 is 5.32 Å². The molecule has 2 heterocycles. The first-order chi connectivity index (χ1) is 8.91. The first-order valence-electron chi connectivity index (χ1n) is 6.93. The van der Waals surface area contributed by atoms with Crippen LogP contribution in [0.4, 0.5) is 5.82 Å². The third kappa shape index (κ3) is 3.25. The van der Waals surface area contributed by atoms with Crippen molar-refractivity contribution in [2.45, 2.75) is 34.1 Å². The topological polar surface area (TPSA) is 45.2 Å². The SMILES string of the molecule is CCNc1cc(C(=O)N2CCC(C)(C)C2)cc(C)n1. The van der Waals surface area contributed by atoms with Crippen molar-refractivity contribution in [2.24, 2.45) is 5.41 Å². The third-order valence-corrected chi connectivity index (χ3v) is 3.52. The highest BCUT2D eigenvalue weighted by Gasteiger charge is 2.32. The summed E-state index contributed by atoms with van der Waals surface area (Å²) in [6.45, 7) is 10.9. The molecule has 0 bridgehead atoms. The van der Waals surface area contributed by atoms with E-state index >= 15 is 0 Å². The molecule has 4 nitrogen and oxygen atoms in total. The molecule has 1 aliphatic rings. The summed E-state index contributed by atoms with van der Waals surface area (Å²) in [4.78, 5) is 18.8. The Morgan fingerprint density at radius 1 is 1.47 bits per heavy atom. The van der Waals surface area contributed by atoms with E-state index in [9.17, 15) is 4.79 Å². The zero-order valence-electron chi connectivity index (χ0n) is 12.3. The van der Waals surface area contributed by atoms with Gasteiger partial charge in [-0.25, -0.2) is 4.98 Å². The molecule has 0 atom stereocenters. The number of nitrogens with one attached hydrogen (secondary N) is 1. The van der Waals surface area contributed by atoms with Crippen LogP contribution in [-0.4, -0.2) is 35.4 Å². The predicted molar refractivity (Wildman–Crippen MR) is 77.4 cm³/mol. The van der Waals surface area contributed by atoms with Crippen molar-refractivity contribution in [3.05, 3.63) is 23.4 Å². The van der Waals surface area contributed by atoms with Crippen molar-refractivity contribution in [3.8, 4) is 0 Å². The number of hydrogen-bond donors (Lipinski definition) is 1. The van der Waals surface area contributed by atoms with Gasteiger partial charge in [0.15, 0.2) is 0 Å². The van der Waals surface area contributed by atoms with Crippen LogP contribution in [0.25, 0.3) is 0 Å². The van der Waals surface area contributed by atoms with Gasteiger partial charge in [0.25, 0.3) is 5.91 Å². The molecule has 0 unspecified atom stereocenters. The number of carbonyl (C=O) groups is 1. The monoisotopic (exact) mass is 261 g/mol. The molecule has 2 rings (SSSR count). The van der Waals surface area contributed by atoms with Crippen LogP contribution in [0.2, 0.25) is 0 Å². The molecule has 0 aliphatic carbocycles. The number of carbonyl (C=O) groups excluding carboxylic acids is 1. The Bertz CT molecular complexity index is 482. The van der Waals surface area contributed by atoms with E-state index < -0.39 is 0 Å². The van der Waals surface area contributed by atoms with Gasteiger partial charge in [-0.05, 0) is 37.8 Å². The molecule has 104 valence electrons.